The van der Waals surface area contributed by atoms with Crippen LogP contribution in [0.3, 0.4) is 0 Å². The number of carbonyl (C=O) groups excluding carboxylic acids is 1. The molecule has 28 heavy (non-hydrogen) atoms. The molecule has 1 amide bonds. The van der Waals surface area contributed by atoms with Crippen LogP contribution in [-0.4, -0.2) is 34.0 Å². The lowest BCUT2D eigenvalue weighted by Gasteiger charge is -2.25. The largest absolute Gasteiger partial charge is 0.497 e. The Bertz CT molecular complexity index is 874. The van der Waals surface area contributed by atoms with E-state index >= 15 is 0 Å². The van der Waals surface area contributed by atoms with Crippen LogP contribution in [0.15, 0.2) is 53.4 Å². The van der Waals surface area contributed by atoms with Crippen molar-refractivity contribution >= 4 is 21.6 Å². The number of amides is 1. The zero-order chi connectivity index (χ0) is 20.7. The first-order valence-corrected chi connectivity index (χ1v) is 10.8. The summed E-state index contributed by atoms with van der Waals surface area (Å²) in [6.07, 6.45) is 1.58. The van der Waals surface area contributed by atoms with Crippen molar-refractivity contribution in [2.24, 2.45) is 0 Å². The first-order chi connectivity index (χ1) is 13.3. The Morgan fingerprint density at radius 2 is 1.61 bits per heavy atom. The molecule has 0 radical (unpaired) electrons. The van der Waals surface area contributed by atoms with Crippen molar-refractivity contribution in [3.63, 3.8) is 0 Å². The molecule has 0 atom stereocenters. The van der Waals surface area contributed by atoms with Gasteiger partial charge in [0, 0.05) is 6.04 Å². The number of hydrogen-bond acceptors (Lipinski definition) is 4. The van der Waals surface area contributed by atoms with E-state index < -0.39 is 10.0 Å². The second-order valence-corrected chi connectivity index (χ2v) is 8.47. The molecule has 0 aromatic heterocycles. The first-order valence-electron chi connectivity index (χ1n) is 9.34. The molecule has 0 aliphatic rings. The van der Waals surface area contributed by atoms with Crippen LogP contribution in [0.1, 0.15) is 32.3 Å². The molecule has 0 aliphatic heterocycles. The van der Waals surface area contributed by atoms with Crippen LogP contribution in [-0.2, 0) is 14.8 Å². The van der Waals surface area contributed by atoms with Gasteiger partial charge in [-0.3, -0.25) is 9.10 Å². The second kappa shape index (κ2) is 9.59. The Hall–Kier alpha value is -2.54. The lowest BCUT2D eigenvalue weighted by Crippen LogP contribution is -2.44. The molecule has 0 bridgehead atoms. The van der Waals surface area contributed by atoms with E-state index in [-0.39, 0.29) is 23.4 Å². The predicted molar refractivity (Wildman–Crippen MR) is 111 cm³/mol. The molecule has 7 heteroatoms. The van der Waals surface area contributed by atoms with Crippen molar-refractivity contribution in [2.45, 2.75) is 44.6 Å². The molecule has 0 spiro atoms. The van der Waals surface area contributed by atoms with Crippen molar-refractivity contribution in [2.75, 3.05) is 18.0 Å². The summed E-state index contributed by atoms with van der Waals surface area (Å²) in [5.74, 6) is 0.235. The van der Waals surface area contributed by atoms with Gasteiger partial charge in [0.1, 0.15) is 12.3 Å². The van der Waals surface area contributed by atoms with Crippen molar-refractivity contribution in [3.8, 4) is 5.75 Å². The van der Waals surface area contributed by atoms with Gasteiger partial charge in [-0.1, -0.05) is 31.5 Å². The number of nitrogens with one attached hydrogen (secondary N) is 1. The summed E-state index contributed by atoms with van der Waals surface area (Å²) < 4.78 is 32.8. The molecule has 2 aromatic carbocycles. The molecule has 6 nitrogen and oxygen atoms in total. The third kappa shape index (κ3) is 5.25. The number of hydrogen-bond donors (Lipinski definition) is 1. The highest BCUT2D eigenvalue weighted by molar-refractivity contribution is 7.92. The molecule has 152 valence electrons. The normalized spacial score (nSPS) is 11.3. The molecule has 0 heterocycles. The number of carbonyl (C=O) groups is 1. The van der Waals surface area contributed by atoms with Gasteiger partial charge in [0.05, 0.1) is 17.7 Å². The van der Waals surface area contributed by atoms with Gasteiger partial charge < -0.3 is 10.1 Å². The molecule has 2 rings (SSSR count). The maximum atomic E-state index is 13.3. The Kier molecular flexibility index (Phi) is 7.45. The zero-order valence-electron chi connectivity index (χ0n) is 16.8. The van der Waals surface area contributed by atoms with Crippen molar-refractivity contribution < 1.29 is 17.9 Å². The Balaban J connectivity index is 2.39. The molecule has 2 aromatic rings. The van der Waals surface area contributed by atoms with Gasteiger partial charge in [0.2, 0.25) is 5.91 Å². The smallest absolute Gasteiger partial charge is 0.264 e. The quantitative estimate of drug-likeness (QED) is 0.694. The number of sulfonamides is 1. The van der Waals surface area contributed by atoms with Crippen LogP contribution in [0.25, 0.3) is 0 Å². The van der Waals surface area contributed by atoms with E-state index in [1.165, 1.54) is 19.2 Å². The number of ether oxygens (including phenoxy) is 1. The maximum absolute atomic E-state index is 13.3. The summed E-state index contributed by atoms with van der Waals surface area (Å²) in [7, 11) is -2.40. The fourth-order valence-corrected chi connectivity index (χ4v) is 4.22. The molecule has 0 aliphatic carbocycles. The summed E-state index contributed by atoms with van der Waals surface area (Å²) in [5.41, 5.74) is 1.45. The summed E-state index contributed by atoms with van der Waals surface area (Å²) in [4.78, 5) is 12.7. The van der Waals surface area contributed by atoms with E-state index in [9.17, 15) is 13.2 Å². The van der Waals surface area contributed by atoms with Gasteiger partial charge in [0.15, 0.2) is 0 Å². The first kappa shape index (κ1) is 21.8. The van der Waals surface area contributed by atoms with Gasteiger partial charge in [-0.25, -0.2) is 8.42 Å². The van der Waals surface area contributed by atoms with Crippen LogP contribution in [0, 0.1) is 6.92 Å². The molecule has 0 unspecified atom stereocenters. The topological polar surface area (TPSA) is 75.7 Å². The van der Waals surface area contributed by atoms with E-state index in [4.69, 9.17) is 4.74 Å². The van der Waals surface area contributed by atoms with Gasteiger partial charge >= 0.3 is 0 Å². The Morgan fingerprint density at radius 1 is 1.04 bits per heavy atom. The van der Waals surface area contributed by atoms with Crippen LogP contribution in [0.5, 0.6) is 5.75 Å². The monoisotopic (exact) mass is 404 g/mol. The van der Waals surface area contributed by atoms with E-state index in [2.05, 4.69) is 5.32 Å². The molecular weight excluding hydrogens is 376 g/mol. The molecule has 0 saturated heterocycles. The van der Waals surface area contributed by atoms with Gasteiger partial charge in [-0.15, -0.1) is 0 Å². The molecular formula is C21H28N2O4S. The molecule has 0 saturated carbocycles. The highest BCUT2D eigenvalue weighted by Gasteiger charge is 2.27. The van der Waals surface area contributed by atoms with Crippen LogP contribution in [0.4, 0.5) is 5.69 Å². The number of anilines is 1. The molecule has 1 N–H and O–H groups in total. The second-order valence-electron chi connectivity index (χ2n) is 6.60. The Morgan fingerprint density at radius 3 is 2.11 bits per heavy atom. The standard InChI is InChI=1S/C21H28N2O4S/c1-5-17(6-2)22-21(24)15-23(18-9-7-16(3)8-10-18)28(25,26)20-13-11-19(27-4)12-14-20/h7-14,17H,5-6,15H2,1-4H3,(H,22,24). The average Bonchev–Trinajstić information content (AvgIpc) is 2.71. The number of nitrogens with zero attached hydrogens (tertiary/aromatic N) is 1. The number of benzene rings is 2. The third-order valence-corrected chi connectivity index (χ3v) is 6.40. The van der Waals surface area contributed by atoms with Crippen LogP contribution in [0.2, 0.25) is 0 Å². The SMILES string of the molecule is CCC(CC)NC(=O)CN(c1ccc(C)cc1)S(=O)(=O)c1ccc(OC)cc1. The van der Waals surface area contributed by atoms with Crippen LogP contribution >= 0.6 is 0 Å². The predicted octanol–water partition coefficient (Wildman–Crippen LogP) is 3.50. The van der Waals surface area contributed by atoms with E-state index in [0.29, 0.717) is 11.4 Å². The highest BCUT2D eigenvalue weighted by atomic mass is 32.2. The van der Waals surface area contributed by atoms with Gasteiger partial charge in [-0.05, 0) is 56.2 Å². The lowest BCUT2D eigenvalue weighted by molar-refractivity contribution is -0.120. The summed E-state index contributed by atoms with van der Waals surface area (Å²) in [6.45, 7) is 5.61. The fourth-order valence-electron chi connectivity index (χ4n) is 2.80. The van der Waals surface area contributed by atoms with Gasteiger partial charge in [-0.2, -0.15) is 0 Å². The zero-order valence-corrected chi connectivity index (χ0v) is 17.6. The number of aryl methyl sites for hydroxylation is 1. The lowest BCUT2D eigenvalue weighted by atomic mass is 10.2. The van der Waals surface area contributed by atoms with Crippen molar-refractivity contribution in [1.29, 1.82) is 0 Å². The van der Waals surface area contributed by atoms with E-state index in [1.54, 1.807) is 24.3 Å². The average molecular weight is 405 g/mol. The summed E-state index contributed by atoms with van der Waals surface area (Å²) >= 11 is 0. The van der Waals surface area contributed by atoms with E-state index in [0.717, 1.165) is 22.7 Å². The third-order valence-electron chi connectivity index (χ3n) is 4.61. The van der Waals surface area contributed by atoms with Crippen molar-refractivity contribution in [1.82, 2.24) is 5.32 Å². The molecule has 0 fully saturated rings. The Labute approximate surface area is 167 Å². The van der Waals surface area contributed by atoms with Gasteiger partial charge in [0.25, 0.3) is 10.0 Å². The summed E-state index contributed by atoms with van der Waals surface area (Å²) in [5, 5.41) is 2.90. The fraction of sp³-hybridized carbons (Fsp3) is 0.381. The van der Waals surface area contributed by atoms with Crippen molar-refractivity contribution in [3.05, 3.63) is 54.1 Å². The minimum Gasteiger partial charge on any atom is -0.497 e. The van der Waals surface area contributed by atoms with E-state index in [1.807, 2.05) is 32.9 Å². The number of methoxy groups -OCH3 is 1. The highest BCUT2D eigenvalue weighted by Crippen LogP contribution is 2.25. The van der Waals surface area contributed by atoms with Crippen LogP contribution < -0.4 is 14.4 Å². The minimum atomic E-state index is -3.92. The minimum absolute atomic E-state index is 0.0241. The summed E-state index contributed by atoms with van der Waals surface area (Å²) in [6, 6.07) is 13.2. The maximum Gasteiger partial charge on any atom is 0.264 e. The number of rotatable bonds is 9.